The van der Waals surface area contributed by atoms with Crippen molar-refractivity contribution in [1.29, 1.82) is 0 Å². The number of ether oxygens (including phenoxy) is 1. The Bertz CT molecular complexity index is 1580. The fraction of sp³-hybridized carbons (Fsp3) is 0.353. The number of benzene rings is 3. The average Bonchev–Trinajstić information content (AvgIpc) is 3.36. The molecule has 0 fully saturated rings. The molecule has 0 saturated heterocycles. The number of carbonyl (C=O) groups is 2. The number of hydrogen-bond donors (Lipinski definition) is 1. The minimum Gasteiger partial charge on any atom is -0.508 e. The molecule has 5 rings (SSSR count). The Morgan fingerprint density at radius 2 is 1.70 bits per heavy atom. The number of halogens is 1. The van der Waals surface area contributed by atoms with E-state index < -0.39 is 26.7 Å². The molecular weight excluding hydrogens is 563 g/mol. The smallest absolute Gasteiger partial charge is 0.416 e. The van der Waals surface area contributed by atoms with Crippen molar-refractivity contribution >= 4 is 31.6 Å². The van der Waals surface area contributed by atoms with E-state index in [4.69, 9.17) is 9.16 Å². The molecule has 0 aliphatic carbocycles. The number of hydrogen-bond acceptors (Lipinski definition) is 5. The predicted octanol–water partition coefficient (Wildman–Crippen LogP) is 7.91. The number of nitrogens with zero attached hydrogens (tertiary/aromatic N) is 2. The minimum atomic E-state index is -2.55. The van der Waals surface area contributed by atoms with Gasteiger partial charge in [-0.05, 0) is 78.9 Å². The topological polar surface area (TPSA) is 79.3 Å². The first-order valence-corrected chi connectivity index (χ1v) is 17.4. The van der Waals surface area contributed by atoms with Gasteiger partial charge in [0.05, 0.1) is 17.3 Å². The normalized spacial score (nSPS) is 18.6. The van der Waals surface area contributed by atoms with Crippen molar-refractivity contribution in [1.82, 2.24) is 4.90 Å². The Balaban J connectivity index is 1.64. The highest BCUT2D eigenvalue weighted by Crippen LogP contribution is 2.45. The zero-order valence-corrected chi connectivity index (χ0v) is 26.8. The molecule has 0 unspecified atom stereocenters. The summed E-state index contributed by atoms with van der Waals surface area (Å²) in [5.41, 5.74) is 4.51. The molecule has 226 valence electrons. The summed E-state index contributed by atoms with van der Waals surface area (Å²) in [6, 6.07) is 16.3. The molecule has 43 heavy (non-hydrogen) atoms. The fourth-order valence-corrected chi connectivity index (χ4v) is 6.38. The Hall–Kier alpha value is -3.95. The van der Waals surface area contributed by atoms with E-state index in [1.54, 1.807) is 36.2 Å². The van der Waals surface area contributed by atoms with Gasteiger partial charge in [0.1, 0.15) is 18.2 Å². The molecule has 2 heterocycles. The van der Waals surface area contributed by atoms with Crippen LogP contribution in [0.15, 0.2) is 66.9 Å². The van der Waals surface area contributed by atoms with Crippen molar-refractivity contribution in [2.45, 2.75) is 78.0 Å². The summed E-state index contributed by atoms with van der Waals surface area (Å²) in [5.74, 6) is -0.713. The van der Waals surface area contributed by atoms with Crippen LogP contribution in [0.4, 0.5) is 14.9 Å². The molecule has 3 aromatic carbocycles. The first kappa shape index (κ1) is 30.5. The lowest BCUT2D eigenvalue weighted by Crippen LogP contribution is -2.57. The van der Waals surface area contributed by atoms with E-state index >= 15 is 0 Å². The van der Waals surface area contributed by atoms with Crippen LogP contribution in [-0.2, 0) is 15.8 Å². The molecule has 2 aliphatic rings. The Morgan fingerprint density at radius 1 is 1.05 bits per heavy atom. The van der Waals surface area contributed by atoms with Crippen LogP contribution in [0, 0.1) is 19.7 Å². The zero-order valence-electron chi connectivity index (χ0n) is 25.8. The number of amides is 2. The molecule has 1 N–H and O–H groups in total. The van der Waals surface area contributed by atoms with Gasteiger partial charge in [0, 0.05) is 12.3 Å². The van der Waals surface area contributed by atoms with Crippen LogP contribution < -0.4 is 4.90 Å². The van der Waals surface area contributed by atoms with E-state index in [2.05, 4.69) is 33.9 Å². The largest absolute Gasteiger partial charge is 0.508 e. The number of fused-ring (bicyclic) bond motifs is 2. The maximum Gasteiger partial charge on any atom is 0.416 e. The molecule has 0 bridgehead atoms. The molecule has 2 atom stereocenters. The third-order valence-electron chi connectivity index (χ3n) is 8.82. The molecule has 0 saturated carbocycles. The lowest BCUT2D eigenvalue weighted by Gasteiger charge is -2.44. The third kappa shape index (κ3) is 5.96. The molecule has 9 heteroatoms. The van der Waals surface area contributed by atoms with Crippen molar-refractivity contribution in [3.63, 3.8) is 0 Å². The van der Waals surface area contributed by atoms with E-state index in [0.29, 0.717) is 12.0 Å². The minimum absolute atomic E-state index is 0.0248. The van der Waals surface area contributed by atoms with E-state index in [9.17, 15) is 19.1 Å². The van der Waals surface area contributed by atoms with Crippen LogP contribution in [0.2, 0.25) is 18.1 Å². The summed E-state index contributed by atoms with van der Waals surface area (Å²) in [5, 5.41) is 10.6. The van der Waals surface area contributed by atoms with Crippen molar-refractivity contribution in [2.24, 2.45) is 0 Å². The number of carbonyl (C=O) groups excluding carboxylic acids is 2. The van der Waals surface area contributed by atoms with Crippen LogP contribution in [0.5, 0.6) is 5.75 Å². The Kier molecular flexibility index (Phi) is 8.00. The molecule has 0 radical (unpaired) electrons. The number of aryl methyl sites for hydroxylation is 2. The van der Waals surface area contributed by atoms with E-state index in [1.165, 1.54) is 23.1 Å². The Labute approximate surface area is 253 Å². The van der Waals surface area contributed by atoms with Crippen molar-refractivity contribution < 1.29 is 28.2 Å². The first-order valence-electron chi connectivity index (χ1n) is 14.5. The Morgan fingerprint density at radius 3 is 2.33 bits per heavy atom. The summed E-state index contributed by atoms with van der Waals surface area (Å²) in [6.07, 6.45) is 0.541. The number of phenols is 1. The molecule has 0 spiro atoms. The first-order chi connectivity index (χ1) is 20.2. The van der Waals surface area contributed by atoms with E-state index in [1.807, 2.05) is 31.2 Å². The second-order valence-electron chi connectivity index (χ2n) is 13.0. The summed E-state index contributed by atoms with van der Waals surface area (Å²) < 4.78 is 26.7. The highest BCUT2D eigenvalue weighted by molar-refractivity contribution is 6.74. The predicted molar refractivity (Wildman–Crippen MR) is 168 cm³/mol. The third-order valence-corrected chi connectivity index (χ3v) is 13.3. The number of aromatic hydroxyl groups is 1. The van der Waals surface area contributed by atoms with Gasteiger partial charge in [-0.2, -0.15) is 0 Å². The zero-order chi connectivity index (χ0) is 31.3. The lowest BCUT2D eigenvalue weighted by atomic mass is 10.0. The monoisotopic (exact) mass is 602 g/mol. The van der Waals surface area contributed by atoms with Gasteiger partial charge < -0.3 is 19.2 Å². The highest BCUT2D eigenvalue weighted by atomic mass is 28.4. The summed E-state index contributed by atoms with van der Waals surface area (Å²) in [4.78, 5) is 31.4. The molecule has 0 aromatic heterocycles. The fourth-order valence-electron chi connectivity index (χ4n) is 5.16. The lowest BCUT2D eigenvalue weighted by molar-refractivity contribution is 0.0580. The second kappa shape index (κ2) is 11.3. The van der Waals surface area contributed by atoms with Crippen molar-refractivity contribution in [3.8, 4) is 5.75 Å². The molecule has 2 amide bonds. The van der Waals surface area contributed by atoms with Gasteiger partial charge in [0.2, 0.25) is 0 Å². The van der Waals surface area contributed by atoms with Crippen LogP contribution >= 0.6 is 0 Å². The van der Waals surface area contributed by atoms with E-state index in [0.717, 1.165) is 22.3 Å². The van der Waals surface area contributed by atoms with Crippen LogP contribution in [0.3, 0.4) is 0 Å². The second-order valence-corrected chi connectivity index (χ2v) is 17.7. The van der Waals surface area contributed by atoms with Gasteiger partial charge in [-0.3, -0.25) is 4.79 Å². The average molecular weight is 603 g/mol. The van der Waals surface area contributed by atoms with Crippen molar-refractivity contribution in [2.75, 3.05) is 4.90 Å². The summed E-state index contributed by atoms with van der Waals surface area (Å²) >= 11 is 0. The number of phenolic OH excluding ortho intramolecular Hbond substituents is 1. The molecule has 2 aliphatic heterocycles. The van der Waals surface area contributed by atoms with Gasteiger partial charge in [-0.1, -0.05) is 62.7 Å². The van der Waals surface area contributed by atoms with Crippen LogP contribution in [-0.4, -0.2) is 42.6 Å². The van der Waals surface area contributed by atoms with Gasteiger partial charge in [-0.25, -0.2) is 14.1 Å². The van der Waals surface area contributed by atoms with Crippen LogP contribution in [0.1, 0.15) is 59.8 Å². The van der Waals surface area contributed by atoms with Gasteiger partial charge in [0.25, 0.3) is 5.91 Å². The highest BCUT2D eigenvalue weighted by Gasteiger charge is 2.50. The van der Waals surface area contributed by atoms with Crippen LogP contribution in [0.25, 0.3) is 5.57 Å². The number of rotatable bonds is 5. The van der Waals surface area contributed by atoms with Gasteiger partial charge in [-0.15, -0.1) is 0 Å². The molecular formula is C34H39FN2O5Si. The molecule has 7 nitrogen and oxygen atoms in total. The van der Waals surface area contributed by atoms with Gasteiger partial charge >= 0.3 is 6.09 Å². The summed E-state index contributed by atoms with van der Waals surface area (Å²) in [7, 11) is -2.55. The quantitative estimate of drug-likeness (QED) is 0.300. The number of anilines is 1. The molecule has 3 aromatic rings. The maximum atomic E-state index is 14.2. The standard InChI is InChI=1S/C34H39FN2O5Si/c1-21-8-10-23(11-9-21)20-41-33(40)37-28-18-30(38)22(2)16-27(28)31(39)36-19-25(24-12-14-26(35)15-13-24)17-29(36)32(37)42-43(6,7)34(3,4)5/h8-16,18-19,29,32,38H,17,20H2,1-7H3/t29-,32-/m0/s1. The van der Waals surface area contributed by atoms with E-state index in [-0.39, 0.29) is 40.4 Å². The summed E-state index contributed by atoms with van der Waals surface area (Å²) in [6.45, 7) is 14.2. The van der Waals surface area contributed by atoms with Crippen molar-refractivity contribution in [3.05, 3.63) is 100 Å². The SMILES string of the molecule is Cc1ccc(COC(=O)N2c3cc(O)c(C)cc3C(=O)N3C=C(c4ccc(F)cc4)C[C@H]3[C@@H]2O[Si](C)(C)C(C)(C)C)cc1. The van der Waals surface area contributed by atoms with Gasteiger partial charge in [0.15, 0.2) is 14.5 Å². The maximum absolute atomic E-state index is 14.2.